The highest BCUT2D eigenvalue weighted by atomic mass is 16.5. The van der Waals surface area contributed by atoms with E-state index in [1.54, 1.807) is 23.8 Å². The van der Waals surface area contributed by atoms with Gasteiger partial charge < -0.3 is 14.5 Å². The number of hydrogen-bond donors (Lipinski definition) is 2. The maximum Gasteiger partial charge on any atom is 0.248 e. The Kier molecular flexibility index (Phi) is 6.87. The zero-order chi connectivity index (χ0) is 22.5. The van der Waals surface area contributed by atoms with Gasteiger partial charge in [0.25, 0.3) is 0 Å². The van der Waals surface area contributed by atoms with Crippen LogP contribution in [0.15, 0.2) is 54.7 Å². The lowest BCUT2D eigenvalue weighted by molar-refractivity contribution is -0.151. The first-order valence-corrected chi connectivity index (χ1v) is 10.9. The lowest BCUT2D eigenvalue weighted by Gasteiger charge is -2.44. The van der Waals surface area contributed by atoms with E-state index in [9.17, 15) is 14.8 Å². The first kappa shape index (κ1) is 22.0. The van der Waals surface area contributed by atoms with Crippen molar-refractivity contribution < 1.29 is 19.5 Å². The number of nitrogens with one attached hydrogen (secondary N) is 1. The summed E-state index contributed by atoms with van der Waals surface area (Å²) < 4.78 is 5.94. The van der Waals surface area contributed by atoms with Crippen molar-refractivity contribution in [3.05, 3.63) is 54.7 Å². The summed E-state index contributed by atoms with van der Waals surface area (Å²) in [6.45, 7) is 3.11. The van der Waals surface area contributed by atoms with E-state index >= 15 is 0 Å². The molecule has 3 heterocycles. The maximum absolute atomic E-state index is 13.5. The number of carbonyl (C=O) groups is 2. The maximum atomic E-state index is 13.5. The third kappa shape index (κ3) is 4.84. The Morgan fingerprint density at radius 2 is 1.78 bits per heavy atom. The number of amides is 2. The Bertz CT molecular complexity index is 905. The number of nitrogens with zero attached hydrogens (tertiary/aromatic N) is 4. The molecule has 4 rings (SSSR count). The lowest BCUT2D eigenvalue weighted by Crippen LogP contribution is -2.62. The fraction of sp³-hybridized carbons (Fsp3) is 0.435. The number of likely N-dealkylation sites (tertiary alicyclic amines) is 1. The third-order valence-electron chi connectivity index (χ3n) is 6.20. The molecule has 2 aromatic rings. The molecule has 0 radical (unpaired) electrons. The third-order valence-corrected chi connectivity index (χ3v) is 6.20. The molecule has 3 atom stereocenters. The first-order valence-electron chi connectivity index (χ1n) is 10.9. The van der Waals surface area contributed by atoms with Crippen LogP contribution in [0, 0.1) is 5.92 Å². The van der Waals surface area contributed by atoms with E-state index in [0.717, 1.165) is 18.8 Å². The number of hydrogen-bond acceptors (Lipinski definition) is 7. The van der Waals surface area contributed by atoms with Crippen LogP contribution in [0.2, 0.25) is 0 Å². The molecule has 9 heteroatoms. The summed E-state index contributed by atoms with van der Waals surface area (Å²) in [5.74, 6) is -0.930. The molecule has 32 heavy (non-hydrogen) atoms. The van der Waals surface area contributed by atoms with Crippen LogP contribution in [-0.4, -0.2) is 83.7 Å². The summed E-state index contributed by atoms with van der Waals surface area (Å²) in [6, 6.07) is 14.9. The zero-order valence-electron chi connectivity index (χ0n) is 18.1. The van der Waals surface area contributed by atoms with Crippen LogP contribution in [0.4, 0.5) is 5.69 Å². The van der Waals surface area contributed by atoms with Crippen molar-refractivity contribution in [2.45, 2.75) is 18.6 Å². The number of ether oxygens (including phenoxy) is 1. The van der Waals surface area contributed by atoms with E-state index in [1.807, 2.05) is 41.1 Å². The average molecular weight is 440 g/mol. The van der Waals surface area contributed by atoms with Crippen LogP contribution in [-0.2, 0) is 9.59 Å². The molecule has 9 nitrogen and oxygen atoms in total. The number of piperazine rings is 1. The van der Waals surface area contributed by atoms with Gasteiger partial charge in [0.1, 0.15) is 12.1 Å². The van der Waals surface area contributed by atoms with Crippen LogP contribution >= 0.6 is 0 Å². The molecule has 3 unspecified atom stereocenters. The van der Waals surface area contributed by atoms with Gasteiger partial charge in [-0.15, -0.1) is 0 Å². The fourth-order valence-corrected chi connectivity index (χ4v) is 4.61. The number of aromatic nitrogens is 1. The van der Waals surface area contributed by atoms with Crippen molar-refractivity contribution in [1.82, 2.24) is 20.3 Å². The highest BCUT2D eigenvalue weighted by Gasteiger charge is 2.45. The van der Waals surface area contributed by atoms with Gasteiger partial charge in [-0.1, -0.05) is 24.3 Å². The quantitative estimate of drug-likeness (QED) is 0.530. The van der Waals surface area contributed by atoms with Crippen molar-refractivity contribution in [2.75, 3.05) is 44.7 Å². The Morgan fingerprint density at radius 1 is 1.06 bits per heavy atom. The summed E-state index contributed by atoms with van der Waals surface area (Å²) in [6.07, 6.45) is 1.63. The van der Waals surface area contributed by atoms with Gasteiger partial charge in [-0.25, -0.2) is 10.5 Å². The number of pyridine rings is 1. The predicted molar refractivity (Wildman–Crippen MR) is 118 cm³/mol. The topological polar surface area (TPSA) is 98.2 Å². The number of benzene rings is 1. The van der Waals surface area contributed by atoms with Crippen molar-refractivity contribution in [1.29, 1.82) is 0 Å². The van der Waals surface area contributed by atoms with Crippen molar-refractivity contribution in [3.8, 4) is 5.88 Å². The van der Waals surface area contributed by atoms with Gasteiger partial charge in [0.05, 0.1) is 5.92 Å². The number of piperidine rings is 1. The molecule has 2 aliphatic heterocycles. The van der Waals surface area contributed by atoms with Gasteiger partial charge in [-0.2, -0.15) is 0 Å². The fourth-order valence-electron chi connectivity index (χ4n) is 4.61. The van der Waals surface area contributed by atoms with Crippen LogP contribution in [0.1, 0.15) is 6.42 Å². The van der Waals surface area contributed by atoms with Crippen molar-refractivity contribution in [2.24, 2.45) is 5.92 Å². The monoisotopic (exact) mass is 439 g/mol. The number of para-hydroxylation sites is 1. The number of rotatable bonds is 5. The van der Waals surface area contributed by atoms with Gasteiger partial charge in [-0.05, 0) is 31.7 Å². The molecule has 1 aromatic heterocycles. The molecule has 2 aliphatic rings. The van der Waals surface area contributed by atoms with Crippen molar-refractivity contribution in [3.63, 3.8) is 0 Å². The number of likely N-dealkylation sites (N-methyl/N-ethyl adjacent to an activating group) is 1. The van der Waals surface area contributed by atoms with E-state index in [-0.39, 0.29) is 12.0 Å². The average Bonchev–Trinajstić information content (AvgIpc) is 2.84. The molecular formula is C23H29N5O4. The standard InChI is InChI=1S/C23H29N5O4/c1-26-16-18(32-20-9-5-6-10-24-20)15-19(22(29)25-31)21(26)23(30)28-13-11-27(12-14-28)17-7-3-2-4-8-17/h2-10,18-19,21,31H,11-16H2,1H3,(H,25,29). The second kappa shape index (κ2) is 9.97. The van der Waals surface area contributed by atoms with Crippen LogP contribution in [0.5, 0.6) is 5.88 Å². The normalized spacial score (nSPS) is 24.1. The second-order valence-corrected chi connectivity index (χ2v) is 8.26. The molecular weight excluding hydrogens is 410 g/mol. The highest BCUT2D eigenvalue weighted by Crippen LogP contribution is 2.28. The predicted octanol–water partition coefficient (Wildman–Crippen LogP) is 1.00. The van der Waals surface area contributed by atoms with Gasteiger partial charge in [0.15, 0.2) is 0 Å². The Morgan fingerprint density at radius 3 is 2.44 bits per heavy atom. The number of anilines is 1. The van der Waals surface area contributed by atoms with Crippen LogP contribution in [0.25, 0.3) is 0 Å². The Hall–Kier alpha value is -3.17. The molecule has 2 saturated heterocycles. The van der Waals surface area contributed by atoms with Gasteiger partial charge in [-0.3, -0.25) is 19.7 Å². The van der Waals surface area contributed by atoms with Gasteiger partial charge in [0, 0.05) is 50.7 Å². The minimum atomic E-state index is -0.730. The highest BCUT2D eigenvalue weighted by molar-refractivity contribution is 5.90. The SMILES string of the molecule is CN1CC(Oc2ccccn2)CC(C(=O)NO)C1C(=O)N1CCN(c2ccccc2)CC1. The van der Waals surface area contributed by atoms with E-state index in [1.165, 1.54) is 0 Å². The van der Waals surface area contributed by atoms with Crippen LogP contribution < -0.4 is 15.1 Å². The molecule has 0 aliphatic carbocycles. The Labute approximate surface area is 187 Å². The minimum absolute atomic E-state index is 0.0925. The summed E-state index contributed by atoms with van der Waals surface area (Å²) in [7, 11) is 1.81. The molecule has 2 fully saturated rings. The van der Waals surface area contributed by atoms with Crippen molar-refractivity contribution >= 4 is 17.5 Å². The molecule has 1 aromatic carbocycles. The molecule has 0 saturated carbocycles. The second-order valence-electron chi connectivity index (χ2n) is 8.26. The van der Waals surface area contributed by atoms with E-state index in [0.29, 0.717) is 31.9 Å². The summed E-state index contributed by atoms with van der Waals surface area (Å²) in [5, 5.41) is 9.32. The minimum Gasteiger partial charge on any atom is -0.473 e. The summed E-state index contributed by atoms with van der Waals surface area (Å²) >= 11 is 0. The van der Waals surface area contributed by atoms with Gasteiger partial charge in [0.2, 0.25) is 17.7 Å². The lowest BCUT2D eigenvalue weighted by atomic mass is 9.86. The van der Waals surface area contributed by atoms with Crippen LogP contribution in [0.3, 0.4) is 0 Å². The molecule has 2 amide bonds. The zero-order valence-corrected chi connectivity index (χ0v) is 18.1. The smallest absolute Gasteiger partial charge is 0.248 e. The molecule has 0 bridgehead atoms. The van der Waals surface area contributed by atoms with E-state index in [2.05, 4.69) is 22.0 Å². The summed E-state index contributed by atoms with van der Waals surface area (Å²) in [5.41, 5.74) is 2.88. The largest absolute Gasteiger partial charge is 0.473 e. The number of hydroxylamine groups is 1. The van der Waals surface area contributed by atoms with Gasteiger partial charge >= 0.3 is 0 Å². The Balaban J connectivity index is 1.43. The molecule has 2 N–H and O–H groups in total. The molecule has 0 spiro atoms. The van der Waals surface area contributed by atoms with E-state index < -0.39 is 17.9 Å². The summed E-state index contributed by atoms with van der Waals surface area (Å²) in [4.78, 5) is 36.1. The van der Waals surface area contributed by atoms with E-state index in [4.69, 9.17) is 4.74 Å². The first-order chi connectivity index (χ1) is 15.6. The number of carbonyl (C=O) groups excluding carboxylic acids is 2. The molecule has 170 valence electrons.